The summed E-state index contributed by atoms with van der Waals surface area (Å²) in [4.78, 5) is 15.4. The highest BCUT2D eigenvalue weighted by Crippen LogP contribution is 2.24. The SMILES string of the molecule is CCNC(=NCCc1csc(N2CCCC2)n1)NCCc1c[nH]c2c(C)cccc12.I. The fraction of sp³-hybridized carbons (Fsp3) is 0.478. The number of aryl methyl sites for hydroxylation is 1. The van der Waals surface area contributed by atoms with Gasteiger partial charge in [0.2, 0.25) is 0 Å². The van der Waals surface area contributed by atoms with Crippen molar-refractivity contribution in [3.05, 3.63) is 46.6 Å². The van der Waals surface area contributed by atoms with Gasteiger partial charge in [0.1, 0.15) is 0 Å². The lowest BCUT2D eigenvalue weighted by Gasteiger charge is -2.12. The van der Waals surface area contributed by atoms with Crippen molar-refractivity contribution in [1.29, 1.82) is 0 Å². The molecular weight excluding hydrogens is 519 g/mol. The highest BCUT2D eigenvalue weighted by atomic mass is 127. The molecular formula is C23H33IN6S. The number of aromatic nitrogens is 2. The minimum atomic E-state index is 0. The molecule has 2 aromatic heterocycles. The Balaban J connectivity index is 0.00000272. The monoisotopic (exact) mass is 552 g/mol. The predicted octanol–water partition coefficient (Wildman–Crippen LogP) is 4.49. The number of hydrogen-bond donors (Lipinski definition) is 3. The number of fused-ring (bicyclic) bond motifs is 1. The first-order chi connectivity index (χ1) is 14.7. The number of rotatable bonds is 8. The van der Waals surface area contributed by atoms with Gasteiger partial charge in [-0.3, -0.25) is 4.99 Å². The predicted molar refractivity (Wildman–Crippen MR) is 143 cm³/mol. The molecule has 0 aliphatic carbocycles. The maximum Gasteiger partial charge on any atom is 0.191 e. The Morgan fingerprint density at radius 3 is 2.87 bits per heavy atom. The molecule has 6 nitrogen and oxygen atoms in total. The molecule has 3 N–H and O–H groups in total. The lowest BCUT2D eigenvalue weighted by molar-refractivity contribution is 0.796. The van der Waals surface area contributed by atoms with Crippen LogP contribution in [0.25, 0.3) is 10.9 Å². The van der Waals surface area contributed by atoms with Crippen LogP contribution < -0.4 is 15.5 Å². The van der Waals surface area contributed by atoms with Gasteiger partial charge in [0.15, 0.2) is 11.1 Å². The second-order valence-corrected chi connectivity index (χ2v) is 8.65. The van der Waals surface area contributed by atoms with Crippen LogP contribution in [0, 0.1) is 6.92 Å². The summed E-state index contributed by atoms with van der Waals surface area (Å²) < 4.78 is 0. The summed E-state index contributed by atoms with van der Waals surface area (Å²) in [5, 5.41) is 11.5. The fourth-order valence-corrected chi connectivity index (χ4v) is 4.89. The van der Waals surface area contributed by atoms with E-state index in [0.29, 0.717) is 0 Å². The molecule has 31 heavy (non-hydrogen) atoms. The minimum Gasteiger partial charge on any atom is -0.361 e. The molecule has 0 spiro atoms. The lowest BCUT2D eigenvalue weighted by Crippen LogP contribution is -2.38. The van der Waals surface area contributed by atoms with Crippen LogP contribution in [0.15, 0.2) is 34.8 Å². The highest BCUT2D eigenvalue weighted by molar-refractivity contribution is 14.0. The number of anilines is 1. The van der Waals surface area contributed by atoms with Crippen molar-refractivity contribution in [2.75, 3.05) is 37.6 Å². The zero-order valence-corrected chi connectivity index (χ0v) is 21.6. The molecule has 3 aromatic rings. The van der Waals surface area contributed by atoms with Crippen LogP contribution >= 0.6 is 35.3 Å². The molecule has 1 aliphatic rings. The largest absolute Gasteiger partial charge is 0.361 e. The number of benzene rings is 1. The Morgan fingerprint density at radius 1 is 1.23 bits per heavy atom. The highest BCUT2D eigenvalue weighted by Gasteiger charge is 2.15. The van der Waals surface area contributed by atoms with Gasteiger partial charge in [-0.05, 0) is 44.2 Å². The Bertz CT molecular complexity index is 989. The van der Waals surface area contributed by atoms with Gasteiger partial charge in [0.05, 0.1) is 5.69 Å². The lowest BCUT2D eigenvalue weighted by atomic mass is 10.1. The van der Waals surface area contributed by atoms with E-state index in [1.54, 1.807) is 11.3 Å². The Hall–Kier alpha value is -1.81. The molecule has 0 bridgehead atoms. The molecule has 8 heteroatoms. The van der Waals surface area contributed by atoms with Crippen molar-refractivity contribution in [3.8, 4) is 0 Å². The third kappa shape index (κ3) is 6.12. The van der Waals surface area contributed by atoms with Crippen LogP contribution in [-0.4, -0.2) is 48.7 Å². The van der Waals surface area contributed by atoms with E-state index in [2.05, 4.69) is 64.1 Å². The van der Waals surface area contributed by atoms with Crippen molar-refractivity contribution < 1.29 is 0 Å². The molecule has 1 aliphatic heterocycles. The van der Waals surface area contributed by atoms with Gasteiger partial charge < -0.3 is 20.5 Å². The zero-order valence-electron chi connectivity index (χ0n) is 18.4. The average Bonchev–Trinajstić information content (AvgIpc) is 3.49. The average molecular weight is 553 g/mol. The van der Waals surface area contributed by atoms with Gasteiger partial charge in [-0.15, -0.1) is 35.3 Å². The molecule has 1 saturated heterocycles. The van der Waals surface area contributed by atoms with E-state index >= 15 is 0 Å². The topological polar surface area (TPSA) is 68.3 Å². The summed E-state index contributed by atoms with van der Waals surface area (Å²) in [7, 11) is 0. The number of H-pyrrole nitrogens is 1. The van der Waals surface area contributed by atoms with Gasteiger partial charge in [-0.1, -0.05) is 18.2 Å². The smallest absolute Gasteiger partial charge is 0.191 e. The van der Waals surface area contributed by atoms with Crippen LogP contribution in [0.1, 0.15) is 36.6 Å². The molecule has 1 fully saturated rings. The van der Waals surface area contributed by atoms with Crippen molar-refractivity contribution >= 4 is 57.3 Å². The molecule has 0 atom stereocenters. The van der Waals surface area contributed by atoms with Gasteiger partial charge >= 0.3 is 0 Å². The fourth-order valence-electron chi connectivity index (χ4n) is 3.98. The Morgan fingerprint density at radius 2 is 2.06 bits per heavy atom. The summed E-state index contributed by atoms with van der Waals surface area (Å²) in [5.74, 6) is 0.878. The molecule has 0 unspecified atom stereocenters. The molecule has 3 heterocycles. The summed E-state index contributed by atoms with van der Waals surface area (Å²) >= 11 is 1.76. The number of hydrogen-bond acceptors (Lipinski definition) is 4. The first-order valence-corrected chi connectivity index (χ1v) is 11.9. The number of halogens is 1. The maximum absolute atomic E-state index is 4.80. The molecule has 0 saturated carbocycles. The van der Waals surface area contributed by atoms with Gasteiger partial charge in [-0.25, -0.2) is 4.98 Å². The molecule has 0 amide bonds. The van der Waals surface area contributed by atoms with Crippen LogP contribution in [0.4, 0.5) is 5.13 Å². The number of aliphatic imine (C=N–C) groups is 1. The van der Waals surface area contributed by atoms with Gasteiger partial charge in [0, 0.05) is 61.6 Å². The number of nitrogens with zero attached hydrogens (tertiary/aromatic N) is 3. The van der Waals surface area contributed by atoms with Crippen LogP contribution in [0.5, 0.6) is 0 Å². The molecule has 1 aromatic carbocycles. The number of aromatic amines is 1. The van der Waals surface area contributed by atoms with E-state index in [1.165, 1.54) is 40.0 Å². The summed E-state index contributed by atoms with van der Waals surface area (Å²) in [6.07, 6.45) is 6.54. The molecule has 4 rings (SSSR count). The van der Waals surface area contributed by atoms with Gasteiger partial charge in [-0.2, -0.15) is 0 Å². The van der Waals surface area contributed by atoms with Crippen LogP contribution in [0.2, 0.25) is 0 Å². The van der Waals surface area contributed by atoms with E-state index in [0.717, 1.165) is 57.2 Å². The quantitative estimate of drug-likeness (QED) is 0.219. The number of guanidine groups is 1. The number of para-hydroxylation sites is 1. The first kappa shape index (κ1) is 23.8. The van der Waals surface area contributed by atoms with Crippen molar-refractivity contribution in [2.45, 2.75) is 39.5 Å². The second-order valence-electron chi connectivity index (χ2n) is 7.81. The second kappa shape index (κ2) is 11.7. The summed E-state index contributed by atoms with van der Waals surface area (Å²) in [6, 6.07) is 6.46. The van der Waals surface area contributed by atoms with Crippen molar-refractivity contribution in [3.63, 3.8) is 0 Å². The van der Waals surface area contributed by atoms with E-state index in [1.807, 2.05) is 0 Å². The third-order valence-corrected chi connectivity index (χ3v) is 6.54. The summed E-state index contributed by atoms with van der Waals surface area (Å²) in [5.41, 5.74) is 5.02. The molecule has 168 valence electrons. The third-order valence-electron chi connectivity index (χ3n) is 5.59. The standard InChI is InChI=1S/C23H32N6S.HI/c1-3-24-22(25-11-9-18-15-27-21-17(2)7-6-8-20(18)21)26-12-10-19-16-30-23(28-19)29-13-4-5-14-29;/h6-8,15-16,27H,3-5,9-14H2,1-2H3,(H2,24,25,26);1H. The Labute approximate surface area is 206 Å². The maximum atomic E-state index is 4.80. The summed E-state index contributed by atoms with van der Waals surface area (Å²) in [6.45, 7) is 8.99. The van der Waals surface area contributed by atoms with E-state index < -0.39 is 0 Å². The van der Waals surface area contributed by atoms with E-state index in [9.17, 15) is 0 Å². The van der Waals surface area contributed by atoms with Crippen LogP contribution in [0.3, 0.4) is 0 Å². The van der Waals surface area contributed by atoms with Gasteiger partial charge in [0.25, 0.3) is 0 Å². The number of thiazole rings is 1. The van der Waals surface area contributed by atoms with E-state index in [-0.39, 0.29) is 24.0 Å². The molecule has 0 radical (unpaired) electrons. The normalized spacial score (nSPS) is 14.1. The van der Waals surface area contributed by atoms with Crippen molar-refractivity contribution in [1.82, 2.24) is 20.6 Å². The number of nitrogens with one attached hydrogen (secondary N) is 3. The van der Waals surface area contributed by atoms with Crippen molar-refractivity contribution in [2.24, 2.45) is 4.99 Å². The first-order valence-electron chi connectivity index (χ1n) is 11.0. The van der Waals surface area contributed by atoms with E-state index in [4.69, 9.17) is 9.98 Å². The van der Waals surface area contributed by atoms with Crippen LogP contribution in [-0.2, 0) is 12.8 Å². The zero-order chi connectivity index (χ0) is 20.8. The minimum absolute atomic E-state index is 0. The Kier molecular flexibility index (Phi) is 9.01.